The van der Waals surface area contributed by atoms with Gasteiger partial charge in [-0.3, -0.25) is 14.2 Å². The molecule has 7 nitrogen and oxygen atoms in total. The molecule has 1 saturated heterocycles. The van der Waals surface area contributed by atoms with E-state index < -0.39 is 18.2 Å². The molecule has 0 spiro atoms. The van der Waals surface area contributed by atoms with Gasteiger partial charge in [-0.15, -0.1) is 0 Å². The van der Waals surface area contributed by atoms with E-state index in [1.807, 2.05) is 28.8 Å². The number of thioether (sulfide) groups is 1. The van der Waals surface area contributed by atoms with Crippen LogP contribution < -0.4 is 0 Å². The van der Waals surface area contributed by atoms with Crippen molar-refractivity contribution in [1.29, 1.82) is 0 Å². The van der Waals surface area contributed by atoms with E-state index in [4.69, 9.17) is 14.2 Å². The Bertz CT molecular complexity index is 820. The topological polar surface area (TPSA) is 79.7 Å². The minimum atomic E-state index is -0.491. The molecule has 1 fully saturated rings. The number of fused-ring (bicyclic) bond motifs is 5. The molecule has 24 heavy (non-hydrogen) atoms. The average Bonchev–Trinajstić information content (AvgIpc) is 3.14. The first kappa shape index (κ1) is 15.5. The summed E-state index contributed by atoms with van der Waals surface area (Å²) in [5, 5.41) is 0.732. The van der Waals surface area contributed by atoms with Crippen molar-refractivity contribution in [3.63, 3.8) is 0 Å². The van der Waals surface area contributed by atoms with Crippen LogP contribution in [-0.4, -0.2) is 45.6 Å². The summed E-state index contributed by atoms with van der Waals surface area (Å²) >= 11 is 1.53. The Labute approximate surface area is 142 Å². The number of carbonyl (C=O) groups is 2. The minimum Gasteiger partial charge on any atom is -0.463 e. The highest BCUT2D eigenvalue weighted by Crippen LogP contribution is 2.50. The maximum Gasteiger partial charge on any atom is 0.303 e. The Balaban J connectivity index is 1.66. The molecule has 1 aromatic heterocycles. The molecular weight excluding hydrogens is 332 g/mol. The monoisotopic (exact) mass is 348 g/mol. The molecule has 0 saturated carbocycles. The van der Waals surface area contributed by atoms with Crippen LogP contribution in [0.4, 0.5) is 0 Å². The second-order valence-corrected chi connectivity index (χ2v) is 6.92. The summed E-state index contributed by atoms with van der Waals surface area (Å²) in [5.74, 6) is -0.772. The maximum atomic E-state index is 11.5. The smallest absolute Gasteiger partial charge is 0.303 e. The molecule has 4 rings (SSSR count). The first-order valence-electron chi connectivity index (χ1n) is 7.64. The molecule has 0 bridgehead atoms. The van der Waals surface area contributed by atoms with Gasteiger partial charge in [0.15, 0.2) is 11.4 Å². The van der Waals surface area contributed by atoms with Crippen LogP contribution in [0.15, 0.2) is 29.4 Å². The number of carbonyl (C=O) groups excluding carboxylic acids is 2. The Morgan fingerprint density at radius 1 is 1.29 bits per heavy atom. The van der Waals surface area contributed by atoms with Gasteiger partial charge in [0.1, 0.15) is 18.8 Å². The van der Waals surface area contributed by atoms with E-state index in [1.54, 1.807) is 0 Å². The highest BCUT2D eigenvalue weighted by atomic mass is 32.2. The third kappa shape index (κ3) is 2.46. The third-order valence-corrected chi connectivity index (χ3v) is 5.37. The molecule has 0 N–H and O–H groups in total. The molecular formula is C16H16N2O5S. The van der Waals surface area contributed by atoms with Gasteiger partial charge in [-0.05, 0) is 12.1 Å². The fourth-order valence-electron chi connectivity index (χ4n) is 3.18. The van der Waals surface area contributed by atoms with Gasteiger partial charge in [0.05, 0.1) is 16.3 Å². The van der Waals surface area contributed by atoms with Crippen LogP contribution >= 0.6 is 11.8 Å². The summed E-state index contributed by atoms with van der Waals surface area (Å²) in [6.45, 7) is 2.76. The number of rotatable bonds is 3. The summed E-state index contributed by atoms with van der Waals surface area (Å²) < 4.78 is 18.6. The Morgan fingerprint density at radius 3 is 2.83 bits per heavy atom. The van der Waals surface area contributed by atoms with E-state index in [0.717, 1.165) is 16.2 Å². The zero-order valence-electron chi connectivity index (χ0n) is 13.2. The van der Waals surface area contributed by atoms with Crippen LogP contribution in [-0.2, 0) is 23.8 Å². The molecule has 126 valence electrons. The third-order valence-electron chi connectivity index (χ3n) is 4.10. The number of aromatic nitrogens is 2. The number of hydrogen-bond donors (Lipinski definition) is 0. The van der Waals surface area contributed by atoms with Gasteiger partial charge >= 0.3 is 11.9 Å². The van der Waals surface area contributed by atoms with E-state index in [2.05, 4.69) is 4.98 Å². The lowest BCUT2D eigenvalue weighted by Crippen LogP contribution is -2.36. The standard InChI is InChI=1S/C16H16N2O5S/c1-8(19)21-7-12-13(22-9(2)20)14-15(23-12)18-11-6-4-3-5-10(11)17-16(18)24-14/h3-6,12-15H,7H2,1-2H3/t12-,13-,14+,15-/m1/s1. The van der Waals surface area contributed by atoms with Crippen molar-refractivity contribution in [3.05, 3.63) is 24.3 Å². The van der Waals surface area contributed by atoms with Crippen LogP contribution in [0, 0.1) is 0 Å². The van der Waals surface area contributed by atoms with Gasteiger partial charge in [-0.2, -0.15) is 0 Å². The van der Waals surface area contributed by atoms with Crippen molar-refractivity contribution < 1.29 is 23.8 Å². The number of para-hydroxylation sites is 2. The molecule has 2 aliphatic heterocycles. The number of ether oxygens (including phenoxy) is 3. The zero-order chi connectivity index (χ0) is 16.8. The van der Waals surface area contributed by atoms with Gasteiger partial charge < -0.3 is 14.2 Å². The first-order chi connectivity index (χ1) is 11.5. The molecule has 1 aromatic carbocycles. The second kappa shape index (κ2) is 5.78. The molecule has 4 atom stereocenters. The summed E-state index contributed by atoms with van der Waals surface area (Å²) in [4.78, 5) is 27.2. The number of benzene rings is 1. The van der Waals surface area contributed by atoms with Crippen molar-refractivity contribution in [2.45, 2.75) is 42.7 Å². The average molecular weight is 348 g/mol. The van der Waals surface area contributed by atoms with E-state index >= 15 is 0 Å². The van der Waals surface area contributed by atoms with Gasteiger partial charge in [0.2, 0.25) is 0 Å². The van der Waals surface area contributed by atoms with Crippen molar-refractivity contribution in [1.82, 2.24) is 9.55 Å². The van der Waals surface area contributed by atoms with E-state index in [0.29, 0.717) is 0 Å². The van der Waals surface area contributed by atoms with Crippen LogP contribution in [0.3, 0.4) is 0 Å². The van der Waals surface area contributed by atoms with Crippen LogP contribution in [0.5, 0.6) is 0 Å². The predicted molar refractivity (Wildman–Crippen MR) is 85.5 cm³/mol. The molecule has 3 heterocycles. The Hall–Kier alpha value is -2.06. The summed E-state index contributed by atoms with van der Waals surface area (Å²) in [6, 6.07) is 7.82. The number of esters is 2. The van der Waals surface area contributed by atoms with Gasteiger partial charge in [-0.1, -0.05) is 23.9 Å². The lowest BCUT2D eigenvalue weighted by Gasteiger charge is -2.20. The van der Waals surface area contributed by atoms with E-state index in [-0.39, 0.29) is 24.1 Å². The highest BCUT2D eigenvalue weighted by Gasteiger charge is 2.53. The fraction of sp³-hybridized carbons (Fsp3) is 0.438. The van der Waals surface area contributed by atoms with Gasteiger partial charge in [-0.25, -0.2) is 4.98 Å². The molecule has 0 aliphatic carbocycles. The molecule has 0 radical (unpaired) electrons. The van der Waals surface area contributed by atoms with Crippen LogP contribution in [0.25, 0.3) is 11.0 Å². The van der Waals surface area contributed by atoms with Crippen LogP contribution in [0.2, 0.25) is 0 Å². The lowest BCUT2D eigenvalue weighted by atomic mass is 10.1. The van der Waals surface area contributed by atoms with Crippen molar-refractivity contribution in [3.8, 4) is 0 Å². The molecule has 0 unspecified atom stereocenters. The fourth-order valence-corrected chi connectivity index (χ4v) is 4.56. The molecule has 2 aliphatic rings. The van der Waals surface area contributed by atoms with Gasteiger partial charge in [0, 0.05) is 13.8 Å². The second-order valence-electron chi connectivity index (χ2n) is 5.78. The van der Waals surface area contributed by atoms with E-state index in [1.165, 1.54) is 25.6 Å². The van der Waals surface area contributed by atoms with Crippen LogP contribution in [0.1, 0.15) is 20.1 Å². The number of hydrogen-bond acceptors (Lipinski definition) is 7. The zero-order valence-corrected chi connectivity index (χ0v) is 14.0. The predicted octanol–water partition coefficient (Wildman–Crippen LogP) is 1.90. The number of imidazole rings is 1. The largest absolute Gasteiger partial charge is 0.463 e. The Kier molecular flexibility index (Phi) is 3.73. The normalized spacial score (nSPS) is 27.8. The molecule has 0 amide bonds. The quantitative estimate of drug-likeness (QED) is 0.784. The number of nitrogens with zero attached hydrogens (tertiary/aromatic N) is 2. The van der Waals surface area contributed by atoms with Crippen molar-refractivity contribution in [2.75, 3.05) is 6.61 Å². The summed E-state index contributed by atoms with van der Waals surface area (Å²) in [5.41, 5.74) is 1.87. The van der Waals surface area contributed by atoms with Gasteiger partial charge in [0.25, 0.3) is 0 Å². The lowest BCUT2D eigenvalue weighted by molar-refractivity contribution is -0.155. The molecule has 2 aromatic rings. The van der Waals surface area contributed by atoms with E-state index in [9.17, 15) is 9.59 Å². The highest BCUT2D eigenvalue weighted by molar-refractivity contribution is 8.00. The Morgan fingerprint density at radius 2 is 2.08 bits per heavy atom. The maximum absolute atomic E-state index is 11.5. The summed E-state index contributed by atoms with van der Waals surface area (Å²) in [7, 11) is 0. The first-order valence-corrected chi connectivity index (χ1v) is 8.52. The summed E-state index contributed by atoms with van der Waals surface area (Å²) in [6.07, 6.45) is -1.28. The van der Waals surface area contributed by atoms with Crippen molar-refractivity contribution in [2.24, 2.45) is 0 Å². The van der Waals surface area contributed by atoms with Crippen molar-refractivity contribution >= 4 is 34.7 Å². The molecule has 8 heteroatoms. The SMILES string of the molecule is CC(=O)OC[C@H]1O[C@@H]2[C@@H](Sc3nc4ccccc4n32)[C@@H]1OC(C)=O. The minimum absolute atomic E-state index is 0.0583.